The molecular weight excluding hydrogens is 368 g/mol. The largest absolute Gasteiger partial charge is 0.343 e. The number of fused-ring (bicyclic) bond motifs is 8. The van der Waals surface area contributed by atoms with Crippen molar-refractivity contribution < 1.29 is 0 Å². The van der Waals surface area contributed by atoms with Gasteiger partial charge in [0.05, 0.1) is 27.6 Å². The van der Waals surface area contributed by atoms with Crippen molar-refractivity contribution in [2.45, 2.75) is 33.1 Å². The minimum atomic E-state index is 0.0477. The number of para-hydroxylation sites is 2. The van der Waals surface area contributed by atoms with Gasteiger partial charge in [0.1, 0.15) is 0 Å². The summed E-state index contributed by atoms with van der Waals surface area (Å²) in [6.07, 6.45) is 0. The van der Waals surface area contributed by atoms with Crippen molar-refractivity contribution in [1.29, 1.82) is 0 Å². The van der Waals surface area contributed by atoms with Crippen molar-refractivity contribution in [2.24, 2.45) is 14.1 Å². The molecule has 3 aromatic carbocycles. The number of aryl methyl sites for hydroxylation is 3. The predicted octanol–water partition coefficient (Wildman–Crippen LogP) is 6.23. The molecule has 0 amide bonds. The average Bonchev–Trinajstić information content (AvgIpc) is 3.31. The van der Waals surface area contributed by atoms with Gasteiger partial charge in [0.25, 0.3) is 0 Å². The van der Waals surface area contributed by atoms with E-state index in [0.29, 0.717) is 0 Å². The first-order valence-electron chi connectivity index (χ1n) is 10.6. The SMILES string of the molecule is Cc1c2c(cc3c1n(C)c1nc4c(C(C)(C)C)cccc4n31)c1ccccc1n2C. The number of imidazole rings is 2. The van der Waals surface area contributed by atoms with Gasteiger partial charge in [0.2, 0.25) is 5.78 Å². The van der Waals surface area contributed by atoms with Gasteiger partial charge in [-0.1, -0.05) is 51.1 Å². The number of rotatable bonds is 0. The Hall–Kier alpha value is -3.27. The third-order valence-corrected chi connectivity index (χ3v) is 6.73. The molecule has 6 rings (SSSR count). The Bertz CT molecular complexity index is 1650. The van der Waals surface area contributed by atoms with E-state index in [-0.39, 0.29) is 5.41 Å². The van der Waals surface area contributed by atoms with Gasteiger partial charge in [-0.2, -0.15) is 0 Å². The molecule has 0 atom stereocenters. The molecule has 0 radical (unpaired) electrons. The van der Waals surface area contributed by atoms with Gasteiger partial charge in [-0.05, 0) is 41.7 Å². The second kappa shape index (κ2) is 5.45. The molecule has 0 aliphatic carbocycles. The molecular formula is C26H26N4. The minimum Gasteiger partial charge on any atom is -0.343 e. The fraction of sp³-hybridized carbons (Fsp3) is 0.269. The summed E-state index contributed by atoms with van der Waals surface area (Å²) < 4.78 is 6.92. The van der Waals surface area contributed by atoms with Crippen LogP contribution in [0, 0.1) is 6.92 Å². The zero-order valence-electron chi connectivity index (χ0n) is 18.4. The van der Waals surface area contributed by atoms with Crippen molar-refractivity contribution in [3.05, 3.63) is 59.7 Å². The predicted molar refractivity (Wildman–Crippen MR) is 127 cm³/mol. The highest BCUT2D eigenvalue weighted by Gasteiger charge is 2.24. The quantitative estimate of drug-likeness (QED) is 0.300. The first kappa shape index (κ1) is 17.6. The lowest BCUT2D eigenvalue weighted by atomic mass is 9.86. The Kier molecular flexibility index (Phi) is 3.19. The van der Waals surface area contributed by atoms with Gasteiger partial charge in [-0.3, -0.25) is 4.40 Å². The topological polar surface area (TPSA) is 27.2 Å². The van der Waals surface area contributed by atoms with Crippen LogP contribution in [0.15, 0.2) is 48.5 Å². The van der Waals surface area contributed by atoms with Crippen LogP contribution in [0.25, 0.3) is 49.7 Å². The fourth-order valence-electron chi connectivity index (χ4n) is 5.38. The molecule has 0 aliphatic heterocycles. The maximum atomic E-state index is 5.14. The number of hydrogen-bond acceptors (Lipinski definition) is 1. The Morgan fingerprint density at radius 2 is 1.50 bits per heavy atom. The standard InChI is InChI=1S/C26H26N4/c1-15-23-17(16-10-7-8-12-19(16)28(23)5)14-21-24(15)29(6)25-27-22-18(26(2,3)4)11-9-13-20(22)30(21)25/h7-14H,1-6H3. The molecule has 0 aliphatic rings. The smallest absolute Gasteiger partial charge is 0.215 e. The van der Waals surface area contributed by atoms with Crippen LogP contribution in [-0.2, 0) is 19.5 Å². The van der Waals surface area contributed by atoms with E-state index in [9.17, 15) is 0 Å². The van der Waals surface area contributed by atoms with Gasteiger partial charge in [0.15, 0.2) is 0 Å². The third-order valence-electron chi connectivity index (χ3n) is 6.73. The second-order valence-electron chi connectivity index (χ2n) is 9.57. The Labute approximate surface area is 175 Å². The zero-order valence-corrected chi connectivity index (χ0v) is 18.4. The van der Waals surface area contributed by atoms with E-state index in [1.165, 1.54) is 49.5 Å². The summed E-state index contributed by atoms with van der Waals surface area (Å²) in [5.41, 5.74) is 9.97. The van der Waals surface area contributed by atoms with Gasteiger partial charge in [0, 0.05) is 30.4 Å². The summed E-state index contributed by atoms with van der Waals surface area (Å²) in [5, 5.41) is 2.61. The zero-order chi connectivity index (χ0) is 20.9. The second-order valence-corrected chi connectivity index (χ2v) is 9.57. The highest BCUT2D eigenvalue weighted by Crippen LogP contribution is 2.38. The molecule has 0 spiro atoms. The van der Waals surface area contributed by atoms with E-state index < -0.39 is 0 Å². The number of nitrogens with zero attached hydrogens (tertiary/aromatic N) is 4. The molecule has 150 valence electrons. The molecule has 0 N–H and O–H groups in total. The molecule has 4 nitrogen and oxygen atoms in total. The summed E-state index contributed by atoms with van der Waals surface area (Å²) in [5.74, 6) is 0.999. The van der Waals surface area contributed by atoms with Crippen molar-refractivity contribution in [3.8, 4) is 0 Å². The average molecular weight is 395 g/mol. The van der Waals surface area contributed by atoms with Crippen molar-refractivity contribution in [3.63, 3.8) is 0 Å². The Balaban J connectivity index is 1.88. The van der Waals surface area contributed by atoms with Gasteiger partial charge >= 0.3 is 0 Å². The molecule has 3 heterocycles. The van der Waals surface area contributed by atoms with Crippen LogP contribution in [0.5, 0.6) is 0 Å². The number of benzene rings is 3. The minimum absolute atomic E-state index is 0.0477. The van der Waals surface area contributed by atoms with Crippen LogP contribution in [0.1, 0.15) is 31.9 Å². The van der Waals surface area contributed by atoms with Crippen LogP contribution in [-0.4, -0.2) is 18.5 Å². The van der Waals surface area contributed by atoms with E-state index in [4.69, 9.17) is 4.98 Å². The lowest BCUT2D eigenvalue weighted by Gasteiger charge is -2.19. The van der Waals surface area contributed by atoms with E-state index in [2.05, 4.69) is 104 Å². The monoisotopic (exact) mass is 394 g/mol. The summed E-state index contributed by atoms with van der Waals surface area (Å²) in [6.45, 7) is 9.01. The molecule has 0 fully saturated rings. The maximum Gasteiger partial charge on any atom is 0.215 e. The van der Waals surface area contributed by atoms with Gasteiger partial charge in [-0.15, -0.1) is 0 Å². The highest BCUT2D eigenvalue weighted by atomic mass is 15.2. The number of hydrogen-bond donors (Lipinski definition) is 0. The van der Waals surface area contributed by atoms with E-state index in [0.717, 1.165) is 11.3 Å². The van der Waals surface area contributed by atoms with Crippen LogP contribution in [0.3, 0.4) is 0 Å². The van der Waals surface area contributed by atoms with E-state index in [1.54, 1.807) is 0 Å². The highest BCUT2D eigenvalue weighted by molar-refractivity contribution is 6.14. The van der Waals surface area contributed by atoms with Gasteiger partial charge < -0.3 is 9.13 Å². The molecule has 0 bridgehead atoms. The maximum absolute atomic E-state index is 5.14. The summed E-state index contributed by atoms with van der Waals surface area (Å²) in [6, 6.07) is 17.6. The van der Waals surface area contributed by atoms with Crippen molar-refractivity contribution in [1.82, 2.24) is 18.5 Å². The Morgan fingerprint density at radius 1 is 0.767 bits per heavy atom. The van der Waals surface area contributed by atoms with E-state index >= 15 is 0 Å². The van der Waals surface area contributed by atoms with E-state index in [1.807, 2.05) is 0 Å². The molecule has 0 unspecified atom stereocenters. The fourth-order valence-corrected chi connectivity index (χ4v) is 5.38. The summed E-state index contributed by atoms with van der Waals surface area (Å²) in [7, 11) is 4.31. The van der Waals surface area contributed by atoms with Crippen LogP contribution < -0.4 is 0 Å². The molecule has 3 aromatic heterocycles. The lowest BCUT2D eigenvalue weighted by Crippen LogP contribution is -2.11. The summed E-state index contributed by atoms with van der Waals surface area (Å²) in [4.78, 5) is 5.14. The molecule has 30 heavy (non-hydrogen) atoms. The number of aromatic nitrogens is 4. The van der Waals surface area contributed by atoms with Crippen molar-refractivity contribution in [2.75, 3.05) is 0 Å². The molecule has 0 saturated carbocycles. The summed E-state index contributed by atoms with van der Waals surface area (Å²) >= 11 is 0. The molecule has 6 aromatic rings. The van der Waals surface area contributed by atoms with Crippen LogP contribution in [0.4, 0.5) is 0 Å². The molecule has 0 saturated heterocycles. The molecule has 4 heteroatoms. The third kappa shape index (κ3) is 1.99. The first-order valence-corrected chi connectivity index (χ1v) is 10.6. The van der Waals surface area contributed by atoms with Crippen molar-refractivity contribution >= 4 is 49.7 Å². The van der Waals surface area contributed by atoms with Crippen LogP contribution >= 0.6 is 0 Å². The van der Waals surface area contributed by atoms with Gasteiger partial charge in [-0.25, -0.2) is 4.98 Å². The lowest BCUT2D eigenvalue weighted by molar-refractivity contribution is 0.595. The van der Waals surface area contributed by atoms with Crippen LogP contribution in [0.2, 0.25) is 0 Å². The normalized spacial score (nSPS) is 13.0. The Morgan fingerprint density at radius 3 is 2.27 bits per heavy atom. The first-order chi connectivity index (χ1) is 14.3.